The third kappa shape index (κ3) is 4.20. The Morgan fingerprint density at radius 3 is 2.56 bits per heavy atom. The number of nitrogens with zero attached hydrogens (tertiary/aromatic N) is 1. The zero-order valence-electron chi connectivity index (χ0n) is 18.0. The molecule has 0 radical (unpaired) electrons. The first-order valence-corrected chi connectivity index (χ1v) is 13.2. The van der Waals surface area contributed by atoms with Gasteiger partial charge in [-0.2, -0.15) is 0 Å². The highest BCUT2D eigenvalue weighted by Gasteiger charge is 2.22. The van der Waals surface area contributed by atoms with E-state index in [1.165, 1.54) is 42.2 Å². The second-order valence-electron chi connectivity index (χ2n) is 7.55. The lowest BCUT2D eigenvalue weighted by atomic mass is 10.1. The summed E-state index contributed by atoms with van der Waals surface area (Å²) in [5.74, 6) is -0.271. The van der Waals surface area contributed by atoms with Crippen molar-refractivity contribution in [1.29, 1.82) is 0 Å². The second-order valence-corrected chi connectivity index (χ2v) is 11.6. The average Bonchev–Trinajstić information content (AvgIpc) is 3.33. The number of hydrogen-bond donors (Lipinski definition) is 1. The quantitative estimate of drug-likeness (QED) is 0.256. The first-order chi connectivity index (χ1) is 16.2. The summed E-state index contributed by atoms with van der Waals surface area (Å²) in [5.41, 5.74) is 1.99. The van der Waals surface area contributed by atoms with Crippen molar-refractivity contribution in [3.8, 4) is 0 Å². The van der Waals surface area contributed by atoms with Gasteiger partial charge in [-0.15, -0.1) is 11.3 Å². The number of fused-ring (bicyclic) bond motifs is 2. The first kappa shape index (κ1) is 22.6. The van der Waals surface area contributed by atoms with Gasteiger partial charge in [-0.05, 0) is 62.4 Å². The number of carbonyl (C=O) groups is 1. The molecule has 0 fully saturated rings. The second kappa shape index (κ2) is 8.53. The van der Waals surface area contributed by atoms with Crippen LogP contribution in [0.5, 0.6) is 0 Å². The molecule has 0 atom stereocenters. The van der Waals surface area contributed by atoms with Crippen LogP contribution >= 0.6 is 23.1 Å². The molecule has 2 aromatic heterocycles. The van der Waals surface area contributed by atoms with Crippen molar-refractivity contribution < 1.29 is 22.0 Å². The Morgan fingerprint density at radius 2 is 1.85 bits per heavy atom. The zero-order chi connectivity index (χ0) is 24.0. The monoisotopic (exact) mass is 512 g/mol. The van der Waals surface area contributed by atoms with E-state index < -0.39 is 15.8 Å². The molecule has 172 valence electrons. The fourth-order valence-electron chi connectivity index (χ4n) is 3.68. The van der Waals surface area contributed by atoms with E-state index in [-0.39, 0.29) is 16.4 Å². The molecule has 10 heteroatoms. The summed E-state index contributed by atoms with van der Waals surface area (Å²) in [6, 6.07) is 15.5. The molecule has 0 saturated carbocycles. The van der Waals surface area contributed by atoms with Gasteiger partial charge in [-0.25, -0.2) is 17.8 Å². The van der Waals surface area contributed by atoms with Crippen molar-refractivity contribution in [2.45, 2.75) is 28.0 Å². The third-order valence-electron chi connectivity index (χ3n) is 5.13. The van der Waals surface area contributed by atoms with Crippen LogP contribution in [0.1, 0.15) is 23.0 Å². The first-order valence-electron chi connectivity index (χ1n) is 10.1. The number of thiazole rings is 1. The number of ketones is 1. The summed E-state index contributed by atoms with van der Waals surface area (Å²) in [6.45, 7) is 3.14. The van der Waals surface area contributed by atoms with Crippen LogP contribution in [-0.4, -0.2) is 19.2 Å². The lowest BCUT2D eigenvalue weighted by molar-refractivity contribution is 0.101. The lowest BCUT2D eigenvalue weighted by Gasteiger charge is -2.10. The fourth-order valence-corrected chi connectivity index (χ4v) is 6.88. The summed E-state index contributed by atoms with van der Waals surface area (Å²) >= 11 is 2.84. The van der Waals surface area contributed by atoms with E-state index in [4.69, 9.17) is 4.42 Å². The number of sulfonamides is 1. The van der Waals surface area contributed by atoms with E-state index in [2.05, 4.69) is 9.71 Å². The van der Waals surface area contributed by atoms with Gasteiger partial charge in [0.2, 0.25) is 0 Å². The number of halogens is 1. The van der Waals surface area contributed by atoms with Gasteiger partial charge in [0.25, 0.3) is 10.0 Å². The minimum Gasteiger partial charge on any atom is -0.459 e. The molecule has 5 rings (SSSR count). The van der Waals surface area contributed by atoms with Gasteiger partial charge in [0.05, 0.1) is 31.3 Å². The Labute approximate surface area is 202 Å². The number of anilines is 1. The van der Waals surface area contributed by atoms with Crippen LogP contribution in [0.3, 0.4) is 0 Å². The van der Waals surface area contributed by atoms with E-state index >= 15 is 0 Å². The van der Waals surface area contributed by atoms with Crippen molar-refractivity contribution in [1.82, 2.24) is 4.98 Å². The molecule has 0 aliphatic heterocycles. The summed E-state index contributed by atoms with van der Waals surface area (Å²) in [6.07, 6.45) is 0. The molecule has 0 bridgehead atoms. The largest absolute Gasteiger partial charge is 0.459 e. The number of carbonyl (C=O) groups excluding carboxylic acids is 1. The zero-order valence-corrected chi connectivity index (χ0v) is 20.4. The molecule has 1 N–H and O–H groups in total. The summed E-state index contributed by atoms with van der Waals surface area (Å²) in [7, 11) is -3.99. The van der Waals surface area contributed by atoms with Crippen LogP contribution in [0.15, 0.2) is 79.2 Å². The number of aromatic nitrogens is 1. The Morgan fingerprint density at radius 1 is 1.12 bits per heavy atom. The van der Waals surface area contributed by atoms with Crippen molar-refractivity contribution in [2.24, 2.45) is 0 Å². The maximum Gasteiger partial charge on any atom is 0.261 e. The maximum absolute atomic E-state index is 13.3. The highest BCUT2D eigenvalue weighted by molar-refractivity contribution is 8.01. The normalized spacial score (nSPS) is 11.9. The molecule has 2 heterocycles. The number of rotatable bonds is 6. The van der Waals surface area contributed by atoms with E-state index in [1.54, 1.807) is 19.1 Å². The number of hydrogen-bond acceptors (Lipinski definition) is 7. The highest BCUT2D eigenvalue weighted by atomic mass is 32.2. The number of benzene rings is 3. The summed E-state index contributed by atoms with van der Waals surface area (Å²) < 4.78 is 49.4. The van der Waals surface area contributed by atoms with Gasteiger partial charge >= 0.3 is 0 Å². The van der Waals surface area contributed by atoms with E-state index in [9.17, 15) is 17.6 Å². The number of Topliss-reactive ketones (excluding diaryl/α,β-unsaturated/α-hetero) is 1. The molecule has 0 unspecified atom stereocenters. The molecule has 0 aliphatic rings. The van der Waals surface area contributed by atoms with E-state index in [0.29, 0.717) is 27.2 Å². The molecule has 34 heavy (non-hydrogen) atoms. The van der Waals surface area contributed by atoms with Crippen molar-refractivity contribution in [2.75, 3.05) is 4.72 Å². The van der Waals surface area contributed by atoms with Crippen molar-refractivity contribution in [3.63, 3.8) is 0 Å². The Hall–Kier alpha value is -3.21. The molecule has 0 saturated heterocycles. The predicted molar refractivity (Wildman–Crippen MR) is 132 cm³/mol. The third-order valence-corrected chi connectivity index (χ3v) is 8.65. The van der Waals surface area contributed by atoms with Gasteiger partial charge < -0.3 is 4.42 Å². The smallest absolute Gasteiger partial charge is 0.261 e. The van der Waals surface area contributed by atoms with Gasteiger partial charge in [-0.3, -0.25) is 9.52 Å². The van der Waals surface area contributed by atoms with E-state index in [0.717, 1.165) is 26.7 Å². The minimum absolute atomic E-state index is 0.0791. The molecule has 0 aliphatic carbocycles. The van der Waals surface area contributed by atoms with Gasteiger partial charge in [0.1, 0.15) is 17.2 Å². The molecule has 6 nitrogen and oxygen atoms in total. The lowest BCUT2D eigenvalue weighted by Crippen LogP contribution is -2.13. The van der Waals surface area contributed by atoms with Crippen LogP contribution in [0.2, 0.25) is 0 Å². The van der Waals surface area contributed by atoms with Crippen LogP contribution in [0, 0.1) is 12.7 Å². The molecule has 5 aromatic rings. The molecule has 0 spiro atoms. The van der Waals surface area contributed by atoms with Gasteiger partial charge in [-0.1, -0.05) is 23.9 Å². The number of furan rings is 1. The van der Waals surface area contributed by atoms with Crippen LogP contribution in [-0.2, 0) is 10.0 Å². The van der Waals surface area contributed by atoms with Crippen molar-refractivity contribution >= 4 is 65.8 Å². The van der Waals surface area contributed by atoms with Crippen LogP contribution < -0.4 is 4.72 Å². The van der Waals surface area contributed by atoms with Crippen molar-refractivity contribution in [3.05, 3.63) is 77.8 Å². The highest BCUT2D eigenvalue weighted by Crippen LogP contribution is 2.42. The Kier molecular flexibility index (Phi) is 5.67. The van der Waals surface area contributed by atoms with Crippen LogP contribution in [0.25, 0.3) is 21.2 Å². The van der Waals surface area contributed by atoms with Gasteiger partial charge in [0.15, 0.2) is 10.1 Å². The predicted octanol–water partition coefficient (Wildman–Crippen LogP) is 6.64. The fraction of sp³-hybridized carbons (Fsp3) is 0.0833. The Bertz CT molecular complexity index is 1640. The van der Waals surface area contributed by atoms with E-state index in [1.807, 2.05) is 24.3 Å². The SMILES string of the molecule is CC(=O)c1c(C)oc2c(Sc3nc4ccccc4s3)cc(NS(=O)(=O)c3ccc(F)cc3)cc12. The molecular formula is C24H17FN2O4S3. The number of nitrogens with one attached hydrogen (secondary N) is 1. The Balaban J connectivity index is 1.62. The summed E-state index contributed by atoms with van der Waals surface area (Å²) in [4.78, 5) is 17.5. The number of aryl methyl sites for hydroxylation is 1. The van der Waals surface area contributed by atoms with Gasteiger partial charge in [0, 0.05) is 5.39 Å². The molecule has 0 amide bonds. The standard InChI is InChI=1S/C24H17FN2O4S3/c1-13(28)22-14(2)31-23-18(22)11-16(27-34(29,30)17-9-7-15(25)8-10-17)12-21(23)33-24-26-19-5-3-4-6-20(19)32-24/h3-12,27H,1-2H3. The molecular weight excluding hydrogens is 495 g/mol. The summed E-state index contributed by atoms with van der Waals surface area (Å²) in [5, 5.41) is 0.507. The maximum atomic E-state index is 13.3. The topological polar surface area (TPSA) is 89.3 Å². The van der Waals surface area contributed by atoms with Crippen LogP contribution in [0.4, 0.5) is 10.1 Å². The minimum atomic E-state index is -3.99. The average molecular weight is 513 g/mol. The number of para-hydroxylation sites is 1. The molecule has 3 aromatic carbocycles.